The van der Waals surface area contributed by atoms with Gasteiger partial charge in [0.1, 0.15) is 0 Å². The molecular formula is C30H62O. The molecule has 0 spiro atoms. The number of rotatable bonds is 25. The molecule has 0 aliphatic rings. The van der Waals surface area contributed by atoms with E-state index in [-0.39, 0.29) is 0 Å². The molecule has 0 fully saturated rings. The van der Waals surface area contributed by atoms with Crippen LogP contribution in [0.15, 0.2) is 0 Å². The Morgan fingerprint density at radius 1 is 0.484 bits per heavy atom. The third-order valence-electron chi connectivity index (χ3n) is 7.74. The summed E-state index contributed by atoms with van der Waals surface area (Å²) in [5.41, 5.74) is 0.504. The van der Waals surface area contributed by atoms with Gasteiger partial charge in [0.25, 0.3) is 0 Å². The lowest BCUT2D eigenvalue weighted by Crippen LogP contribution is -2.26. The quantitative estimate of drug-likeness (QED) is 0.140. The zero-order valence-electron chi connectivity index (χ0n) is 22.5. The first-order valence-corrected chi connectivity index (χ1v) is 14.8. The van der Waals surface area contributed by atoms with Crippen LogP contribution in [-0.2, 0) is 0 Å². The van der Waals surface area contributed by atoms with E-state index in [2.05, 4.69) is 27.7 Å². The fourth-order valence-electron chi connectivity index (χ4n) is 5.47. The van der Waals surface area contributed by atoms with Gasteiger partial charge in [0.05, 0.1) is 0 Å². The number of hydrogen-bond acceptors (Lipinski definition) is 1. The summed E-state index contributed by atoms with van der Waals surface area (Å²) in [6, 6.07) is 0. The molecule has 0 aromatic carbocycles. The molecule has 0 aromatic heterocycles. The van der Waals surface area contributed by atoms with Crippen molar-refractivity contribution in [2.75, 3.05) is 6.61 Å². The first-order valence-electron chi connectivity index (χ1n) is 14.8. The lowest BCUT2D eigenvalue weighted by Gasteiger charge is -2.37. The number of unbranched alkanes of at least 4 members (excludes halogenated alkanes) is 15. The van der Waals surface area contributed by atoms with Gasteiger partial charge in [-0.15, -0.1) is 0 Å². The predicted octanol–water partition coefficient (Wildman–Crippen LogP) is 10.6. The summed E-state index contributed by atoms with van der Waals surface area (Å²) in [6.07, 6.45) is 32.0. The molecule has 0 saturated heterocycles. The highest BCUT2D eigenvalue weighted by atomic mass is 16.3. The van der Waals surface area contributed by atoms with Crippen molar-refractivity contribution in [3.05, 3.63) is 0 Å². The van der Waals surface area contributed by atoms with Crippen molar-refractivity contribution in [1.29, 1.82) is 0 Å². The van der Waals surface area contributed by atoms with Crippen LogP contribution in [0.5, 0.6) is 0 Å². The number of hydrogen-bond donors (Lipinski definition) is 1. The smallest absolute Gasteiger partial charge is 0.0459 e. The minimum Gasteiger partial charge on any atom is -0.396 e. The van der Waals surface area contributed by atoms with E-state index >= 15 is 0 Å². The Hall–Kier alpha value is -0.0400. The van der Waals surface area contributed by atoms with E-state index in [1.165, 1.54) is 141 Å². The minimum absolute atomic E-state index is 0.391. The van der Waals surface area contributed by atoms with Crippen LogP contribution in [0.2, 0.25) is 0 Å². The Labute approximate surface area is 198 Å². The van der Waals surface area contributed by atoms with Gasteiger partial charge >= 0.3 is 0 Å². The summed E-state index contributed by atoms with van der Waals surface area (Å²) in [5, 5.41) is 10.00. The number of aliphatic hydroxyl groups is 1. The third kappa shape index (κ3) is 18.1. The van der Waals surface area contributed by atoms with Crippen molar-refractivity contribution < 1.29 is 5.11 Å². The van der Waals surface area contributed by atoms with E-state index in [9.17, 15) is 5.11 Å². The topological polar surface area (TPSA) is 20.2 Å². The summed E-state index contributed by atoms with van der Waals surface area (Å²) >= 11 is 0. The van der Waals surface area contributed by atoms with Gasteiger partial charge in [0, 0.05) is 6.61 Å². The molecule has 0 rings (SSSR count). The van der Waals surface area contributed by atoms with Crippen molar-refractivity contribution in [1.82, 2.24) is 0 Å². The maximum atomic E-state index is 10.00. The van der Waals surface area contributed by atoms with Gasteiger partial charge in [0.15, 0.2) is 0 Å². The molecule has 0 saturated carbocycles. The lowest BCUT2D eigenvalue weighted by molar-refractivity contribution is 0.109. The summed E-state index contributed by atoms with van der Waals surface area (Å²) in [5.74, 6) is 0.514. The van der Waals surface area contributed by atoms with Crippen LogP contribution in [0.1, 0.15) is 175 Å². The first kappa shape index (κ1) is 31.0. The highest BCUT2D eigenvalue weighted by Crippen LogP contribution is 2.43. The van der Waals surface area contributed by atoms with Crippen molar-refractivity contribution in [3.8, 4) is 0 Å². The number of aliphatic hydroxyl groups excluding tert-OH is 1. The molecule has 0 aliphatic heterocycles. The predicted molar refractivity (Wildman–Crippen MR) is 142 cm³/mol. The maximum absolute atomic E-state index is 10.00. The normalized spacial score (nSPS) is 13.1. The summed E-state index contributed by atoms with van der Waals surface area (Å²) in [6.45, 7) is 9.61. The van der Waals surface area contributed by atoms with Crippen molar-refractivity contribution in [2.24, 2.45) is 11.3 Å². The Kier molecular flexibility index (Phi) is 23.1. The average Bonchev–Trinajstić information content (AvgIpc) is 2.79. The van der Waals surface area contributed by atoms with Gasteiger partial charge in [-0.3, -0.25) is 0 Å². The molecule has 0 aliphatic carbocycles. The van der Waals surface area contributed by atoms with Gasteiger partial charge < -0.3 is 5.11 Å². The van der Waals surface area contributed by atoms with Gasteiger partial charge in [-0.2, -0.15) is 0 Å². The summed E-state index contributed by atoms with van der Waals surface area (Å²) in [4.78, 5) is 0. The molecule has 0 aromatic rings. The molecule has 1 atom stereocenters. The van der Waals surface area contributed by atoms with Gasteiger partial charge in [-0.05, 0) is 37.0 Å². The van der Waals surface area contributed by atoms with E-state index < -0.39 is 0 Å². The fraction of sp³-hybridized carbons (Fsp3) is 1.00. The first-order chi connectivity index (χ1) is 15.2. The summed E-state index contributed by atoms with van der Waals surface area (Å²) < 4.78 is 0. The molecule has 1 N–H and O–H groups in total. The maximum Gasteiger partial charge on any atom is 0.0459 e. The van der Waals surface area contributed by atoms with E-state index in [4.69, 9.17) is 0 Å². The Morgan fingerprint density at radius 3 is 1.10 bits per heavy atom. The van der Waals surface area contributed by atoms with E-state index in [0.717, 1.165) is 6.42 Å². The van der Waals surface area contributed by atoms with E-state index in [0.29, 0.717) is 17.9 Å². The van der Waals surface area contributed by atoms with Crippen LogP contribution in [0.3, 0.4) is 0 Å². The fourth-order valence-corrected chi connectivity index (χ4v) is 5.47. The second kappa shape index (κ2) is 23.1. The SMILES string of the molecule is CCCCCCCCC(CCCCCCCC)(CCCCCCCC)CC(CC)CO. The van der Waals surface area contributed by atoms with Crippen LogP contribution >= 0.6 is 0 Å². The minimum atomic E-state index is 0.391. The third-order valence-corrected chi connectivity index (χ3v) is 7.74. The largest absolute Gasteiger partial charge is 0.396 e. The van der Waals surface area contributed by atoms with Gasteiger partial charge in [0.2, 0.25) is 0 Å². The standard InChI is InChI=1S/C30H62O/c1-5-9-12-15-18-21-24-30(27-29(8-4)28-31,25-22-19-16-13-10-6-2)26-23-20-17-14-11-7-3/h29,31H,5-28H2,1-4H3. The van der Waals surface area contributed by atoms with Crippen molar-refractivity contribution in [2.45, 2.75) is 175 Å². The van der Waals surface area contributed by atoms with Crippen molar-refractivity contribution in [3.63, 3.8) is 0 Å². The van der Waals surface area contributed by atoms with Gasteiger partial charge in [-0.25, -0.2) is 0 Å². The lowest BCUT2D eigenvalue weighted by atomic mass is 9.68. The van der Waals surface area contributed by atoms with E-state index in [1.807, 2.05) is 0 Å². The molecule has 1 unspecified atom stereocenters. The van der Waals surface area contributed by atoms with Crippen LogP contribution in [0, 0.1) is 11.3 Å². The average molecular weight is 439 g/mol. The second-order valence-electron chi connectivity index (χ2n) is 10.7. The molecule has 1 heteroatoms. The highest BCUT2D eigenvalue weighted by molar-refractivity contribution is 4.82. The Morgan fingerprint density at radius 2 is 0.806 bits per heavy atom. The Bertz CT molecular complexity index is 293. The highest BCUT2D eigenvalue weighted by Gasteiger charge is 2.31. The van der Waals surface area contributed by atoms with Gasteiger partial charge in [-0.1, -0.05) is 150 Å². The molecule has 0 heterocycles. The zero-order valence-corrected chi connectivity index (χ0v) is 22.5. The summed E-state index contributed by atoms with van der Waals surface area (Å²) in [7, 11) is 0. The van der Waals surface area contributed by atoms with Crippen LogP contribution in [-0.4, -0.2) is 11.7 Å². The molecular weight excluding hydrogens is 376 g/mol. The Balaban J connectivity index is 4.84. The van der Waals surface area contributed by atoms with Crippen LogP contribution < -0.4 is 0 Å². The van der Waals surface area contributed by atoms with Crippen molar-refractivity contribution >= 4 is 0 Å². The molecule has 0 radical (unpaired) electrons. The molecule has 31 heavy (non-hydrogen) atoms. The molecule has 188 valence electrons. The monoisotopic (exact) mass is 438 g/mol. The second-order valence-corrected chi connectivity index (χ2v) is 10.7. The van der Waals surface area contributed by atoms with Crippen LogP contribution in [0.25, 0.3) is 0 Å². The molecule has 1 nitrogen and oxygen atoms in total. The van der Waals surface area contributed by atoms with Crippen LogP contribution in [0.4, 0.5) is 0 Å². The zero-order chi connectivity index (χ0) is 23.0. The van der Waals surface area contributed by atoms with E-state index in [1.54, 1.807) is 0 Å². The molecule has 0 bridgehead atoms. The molecule has 0 amide bonds.